The van der Waals surface area contributed by atoms with E-state index in [1.807, 2.05) is 22.9 Å². The molecule has 0 saturated heterocycles. The zero-order valence-corrected chi connectivity index (χ0v) is 13.8. The molecule has 0 aliphatic carbocycles. The lowest BCUT2D eigenvalue weighted by molar-refractivity contribution is -0.123. The maximum atomic E-state index is 11.7. The van der Waals surface area contributed by atoms with Gasteiger partial charge in [0.2, 0.25) is 0 Å². The number of hydrogen-bond donors (Lipinski definition) is 2. The summed E-state index contributed by atoms with van der Waals surface area (Å²) in [5, 5.41) is 10.0. The molecule has 3 aromatic rings. The first kappa shape index (κ1) is 15.6. The minimum Gasteiger partial charge on any atom is -0.335 e. The van der Waals surface area contributed by atoms with Crippen LogP contribution in [0, 0.1) is 0 Å². The molecule has 0 aromatic carbocycles. The molecule has 2 N–H and O–H groups in total. The Morgan fingerprint density at radius 3 is 2.74 bits per heavy atom. The molecular formula is C14H9ClN4O2S2. The molecule has 0 unspecified atom stereocenters. The molecule has 2 amide bonds. The molecular weight excluding hydrogens is 356 g/mol. The third-order valence-corrected chi connectivity index (χ3v) is 4.96. The van der Waals surface area contributed by atoms with E-state index in [-0.39, 0.29) is 18.1 Å². The Kier molecular flexibility index (Phi) is 4.12. The number of carbonyl (C=O) groups excluding carboxylic acids is 2. The number of nitrogens with one attached hydrogen (secondary N) is 2. The number of rotatable bonds is 3. The van der Waals surface area contributed by atoms with Gasteiger partial charge in [-0.1, -0.05) is 6.07 Å². The van der Waals surface area contributed by atoms with Crippen molar-refractivity contribution in [3.8, 4) is 10.4 Å². The first-order valence-electron chi connectivity index (χ1n) is 6.32. The van der Waals surface area contributed by atoms with Crippen molar-refractivity contribution in [2.75, 3.05) is 5.32 Å². The van der Waals surface area contributed by atoms with Crippen LogP contribution in [0.4, 0.5) is 5.82 Å². The standard InChI is InChI=1S/C14H8N4O2S2.ClH/c19-10-4-8(13(20)18-10)17-12-11-7(9-2-1-3-21-9)5-22-14(11)16-6-15-12;/h1-6H,(H2,15,16,17,18,19,20);1H. The van der Waals surface area contributed by atoms with Gasteiger partial charge < -0.3 is 5.32 Å². The number of amides is 2. The molecule has 0 radical (unpaired) electrons. The summed E-state index contributed by atoms with van der Waals surface area (Å²) in [5.41, 5.74) is 1.21. The van der Waals surface area contributed by atoms with E-state index < -0.39 is 11.8 Å². The number of imide groups is 1. The van der Waals surface area contributed by atoms with Crippen LogP contribution in [-0.2, 0) is 9.59 Å². The molecule has 0 spiro atoms. The van der Waals surface area contributed by atoms with Gasteiger partial charge in [-0.25, -0.2) is 9.97 Å². The molecule has 4 heterocycles. The van der Waals surface area contributed by atoms with Crippen LogP contribution in [0.2, 0.25) is 0 Å². The third kappa shape index (κ3) is 2.72. The molecule has 116 valence electrons. The van der Waals surface area contributed by atoms with Gasteiger partial charge in [-0.05, 0) is 11.4 Å². The Hall–Kier alpha value is -2.29. The number of halogens is 1. The summed E-state index contributed by atoms with van der Waals surface area (Å²) in [7, 11) is 0. The molecule has 1 aliphatic rings. The van der Waals surface area contributed by atoms with Gasteiger partial charge in [0.1, 0.15) is 22.7 Å². The normalized spacial score (nSPS) is 13.7. The second-order valence-electron chi connectivity index (χ2n) is 4.53. The minimum absolute atomic E-state index is 0. The number of nitrogens with zero attached hydrogens (tertiary/aromatic N) is 2. The van der Waals surface area contributed by atoms with Crippen molar-refractivity contribution in [3.63, 3.8) is 0 Å². The highest BCUT2D eigenvalue weighted by Crippen LogP contribution is 2.38. The molecule has 9 heteroatoms. The average Bonchev–Trinajstić information content (AvgIpc) is 3.20. The summed E-state index contributed by atoms with van der Waals surface area (Å²) in [4.78, 5) is 33.3. The molecule has 6 nitrogen and oxygen atoms in total. The summed E-state index contributed by atoms with van der Waals surface area (Å²) in [6.45, 7) is 0. The van der Waals surface area contributed by atoms with E-state index in [0.29, 0.717) is 5.82 Å². The Bertz CT molecular complexity index is 934. The van der Waals surface area contributed by atoms with Crippen LogP contribution in [0.3, 0.4) is 0 Å². The minimum atomic E-state index is -0.454. The van der Waals surface area contributed by atoms with Crippen molar-refractivity contribution in [2.45, 2.75) is 0 Å². The van der Waals surface area contributed by atoms with Gasteiger partial charge in [0, 0.05) is 21.9 Å². The van der Waals surface area contributed by atoms with Crippen LogP contribution in [0.15, 0.2) is 41.0 Å². The smallest absolute Gasteiger partial charge is 0.274 e. The first-order chi connectivity index (χ1) is 10.7. The Balaban J connectivity index is 0.00000156. The van der Waals surface area contributed by atoms with E-state index in [1.54, 1.807) is 11.3 Å². The first-order valence-corrected chi connectivity index (χ1v) is 8.08. The van der Waals surface area contributed by atoms with Crippen LogP contribution in [0.5, 0.6) is 0 Å². The fourth-order valence-electron chi connectivity index (χ4n) is 2.22. The maximum Gasteiger partial charge on any atom is 0.274 e. The summed E-state index contributed by atoms with van der Waals surface area (Å²) < 4.78 is 0. The molecule has 0 atom stereocenters. The summed E-state index contributed by atoms with van der Waals surface area (Å²) >= 11 is 3.14. The van der Waals surface area contributed by atoms with Crippen LogP contribution in [-0.4, -0.2) is 21.8 Å². The van der Waals surface area contributed by atoms with Gasteiger partial charge in [-0.15, -0.1) is 35.1 Å². The Morgan fingerprint density at radius 2 is 2.04 bits per heavy atom. The molecule has 3 aromatic heterocycles. The van der Waals surface area contributed by atoms with Gasteiger partial charge in [0.25, 0.3) is 11.8 Å². The lowest BCUT2D eigenvalue weighted by atomic mass is 10.2. The Morgan fingerprint density at radius 1 is 1.17 bits per heavy atom. The van der Waals surface area contributed by atoms with Gasteiger partial charge in [0.15, 0.2) is 0 Å². The van der Waals surface area contributed by atoms with Gasteiger partial charge in [-0.3, -0.25) is 14.9 Å². The molecule has 0 saturated carbocycles. The predicted molar refractivity (Wildman–Crippen MR) is 92.8 cm³/mol. The molecule has 0 bridgehead atoms. The molecule has 23 heavy (non-hydrogen) atoms. The van der Waals surface area contributed by atoms with Crippen LogP contribution in [0.1, 0.15) is 0 Å². The van der Waals surface area contributed by atoms with Gasteiger partial charge >= 0.3 is 0 Å². The predicted octanol–water partition coefficient (Wildman–Crippen LogP) is 2.79. The largest absolute Gasteiger partial charge is 0.335 e. The maximum absolute atomic E-state index is 11.7. The monoisotopic (exact) mass is 364 g/mol. The van der Waals surface area contributed by atoms with E-state index >= 15 is 0 Å². The van der Waals surface area contributed by atoms with E-state index in [0.717, 1.165) is 20.7 Å². The van der Waals surface area contributed by atoms with Crippen molar-refractivity contribution < 1.29 is 9.59 Å². The third-order valence-electron chi connectivity index (χ3n) is 3.17. The highest BCUT2D eigenvalue weighted by atomic mass is 35.5. The number of carbonyl (C=O) groups is 2. The number of anilines is 1. The second kappa shape index (κ2) is 6.07. The zero-order chi connectivity index (χ0) is 15.1. The quantitative estimate of drug-likeness (QED) is 0.698. The van der Waals surface area contributed by atoms with Crippen molar-refractivity contribution in [2.24, 2.45) is 0 Å². The van der Waals surface area contributed by atoms with Crippen molar-refractivity contribution in [1.29, 1.82) is 0 Å². The van der Waals surface area contributed by atoms with Crippen LogP contribution in [0.25, 0.3) is 20.7 Å². The SMILES string of the molecule is Cl.O=C1C=C(Nc2ncnc3scc(-c4cccs4)c23)C(=O)N1. The summed E-state index contributed by atoms with van der Waals surface area (Å²) in [5.74, 6) is -0.364. The molecule has 0 fully saturated rings. The van der Waals surface area contributed by atoms with E-state index in [9.17, 15) is 9.59 Å². The molecule has 1 aliphatic heterocycles. The second-order valence-corrected chi connectivity index (χ2v) is 6.34. The lowest BCUT2D eigenvalue weighted by Gasteiger charge is -2.06. The zero-order valence-electron chi connectivity index (χ0n) is 11.4. The van der Waals surface area contributed by atoms with Gasteiger partial charge in [0.05, 0.1) is 5.39 Å². The van der Waals surface area contributed by atoms with Crippen molar-refractivity contribution >= 4 is 62.9 Å². The number of thiophene rings is 2. The van der Waals surface area contributed by atoms with E-state index in [4.69, 9.17) is 0 Å². The average molecular weight is 365 g/mol. The topological polar surface area (TPSA) is 84.0 Å². The molecule has 4 rings (SSSR count). The van der Waals surface area contributed by atoms with Crippen LogP contribution < -0.4 is 10.6 Å². The number of hydrogen-bond acceptors (Lipinski definition) is 7. The van der Waals surface area contributed by atoms with Crippen molar-refractivity contribution in [3.05, 3.63) is 41.0 Å². The fraction of sp³-hybridized carbons (Fsp3) is 0. The van der Waals surface area contributed by atoms with Gasteiger partial charge in [-0.2, -0.15) is 0 Å². The Labute approximate surface area is 144 Å². The highest BCUT2D eigenvalue weighted by Gasteiger charge is 2.23. The van der Waals surface area contributed by atoms with E-state index in [1.165, 1.54) is 23.7 Å². The summed E-state index contributed by atoms with van der Waals surface area (Å²) in [6, 6.07) is 4.00. The lowest BCUT2D eigenvalue weighted by Crippen LogP contribution is -2.24. The number of aromatic nitrogens is 2. The number of fused-ring (bicyclic) bond motifs is 1. The summed E-state index contributed by atoms with van der Waals surface area (Å²) in [6.07, 6.45) is 2.67. The van der Waals surface area contributed by atoms with Crippen molar-refractivity contribution in [1.82, 2.24) is 15.3 Å². The fourth-order valence-corrected chi connectivity index (χ4v) is 3.95. The van der Waals surface area contributed by atoms with E-state index in [2.05, 4.69) is 20.6 Å². The highest BCUT2D eigenvalue weighted by molar-refractivity contribution is 7.18. The van der Waals surface area contributed by atoms with Crippen LogP contribution >= 0.6 is 35.1 Å².